The number of ether oxygens (including phenoxy) is 2. The zero-order valence-electron chi connectivity index (χ0n) is 5.13. The number of hydrogen-bond donors (Lipinski definition) is 0. The van der Waals surface area contributed by atoms with Crippen molar-refractivity contribution in [2.75, 3.05) is 6.79 Å². The lowest BCUT2D eigenvalue weighted by atomic mass is 10.3. The van der Waals surface area contributed by atoms with Crippen molar-refractivity contribution in [3.63, 3.8) is 0 Å². The lowest BCUT2D eigenvalue weighted by Gasteiger charge is -1.95. The van der Waals surface area contributed by atoms with Gasteiger partial charge in [-0.05, 0) is 28.1 Å². The van der Waals surface area contributed by atoms with Crippen molar-refractivity contribution in [3.8, 4) is 11.5 Å². The first-order valence-corrected chi connectivity index (χ1v) is 3.71. The Balaban J connectivity index is 2.59. The van der Waals surface area contributed by atoms with Crippen LogP contribution in [0.25, 0.3) is 0 Å². The van der Waals surface area contributed by atoms with Crippen molar-refractivity contribution in [3.05, 3.63) is 22.7 Å². The third-order valence-corrected chi connectivity index (χ3v) is 1.97. The van der Waals surface area contributed by atoms with Crippen molar-refractivity contribution in [2.24, 2.45) is 0 Å². The molecule has 2 rings (SSSR count). The van der Waals surface area contributed by atoms with Gasteiger partial charge in [0.25, 0.3) is 0 Å². The molecule has 0 atom stereocenters. The van der Waals surface area contributed by atoms with Gasteiger partial charge in [0.1, 0.15) is 0 Å². The summed E-state index contributed by atoms with van der Waals surface area (Å²) in [5, 5.41) is 0. The Bertz CT molecular complexity index is 260. The van der Waals surface area contributed by atoms with E-state index in [9.17, 15) is 0 Å². The number of halogens is 1. The van der Waals surface area contributed by atoms with Crippen LogP contribution in [0.2, 0.25) is 0 Å². The highest BCUT2D eigenvalue weighted by Gasteiger charge is 2.14. The first kappa shape index (κ1) is 6.04. The van der Waals surface area contributed by atoms with Gasteiger partial charge in [-0.3, -0.25) is 0 Å². The molecule has 0 amide bonds. The molecule has 1 heterocycles. The molecule has 0 fully saturated rings. The maximum absolute atomic E-state index is 5.16. The minimum Gasteiger partial charge on any atom is -0.454 e. The summed E-state index contributed by atoms with van der Waals surface area (Å²) in [6.07, 6.45) is 0. The van der Waals surface area contributed by atoms with Gasteiger partial charge in [-0.25, -0.2) is 0 Å². The summed E-state index contributed by atoms with van der Waals surface area (Å²) in [5.41, 5.74) is 0. The van der Waals surface area contributed by atoms with Crippen LogP contribution in [0.5, 0.6) is 11.5 Å². The number of hydrogen-bond acceptors (Lipinski definition) is 2. The van der Waals surface area contributed by atoms with E-state index in [1.54, 1.807) is 0 Å². The van der Waals surface area contributed by atoms with Crippen molar-refractivity contribution in [1.82, 2.24) is 0 Å². The highest BCUT2D eigenvalue weighted by molar-refractivity contribution is 9.10. The highest BCUT2D eigenvalue weighted by Crippen LogP contribution is 2.38. The van der Waals surface area contributed by atoms with Crippen molar-refractivity contribution in [2.45, 2.75) is 0 Å². The topological polar surface area (TPSA) is 18.5 Å². The van der Waals surface area contributed by atoms with Crippen LogP contribution in [0.1, 0.15) is 0 Å². The quantitative estimate of drug-likeness (QED) is 0.640. The SMILES string of the molecule is Brc1cccc2c1OCO2. The van der Waals surface area contributed by atoms with E-state index in [0.29, 0.717) is 6.79 Å². The first-order chi connectivity index (χ1) is 4.88. The summed E-state index contributed by atoms with van der Waals surface area (Å²) < 4.78 is 11.2. The van der Waals surface area contributed by atoms with Crippen LogP contribution < -0.4 is 9.47 Å². The standard InChI is InChI=1S/C7H5BrO2/c8-5-2-1-3-6-7(5)10-4-9-6/h1-3H,4H2. The summed E-state index contributed by atoms with van der Waals surface area (Å²) in [6, 6.07) is 5.72. The van der Waals surface area contributed by atoms with Crippen LogP contribution in [-0.4, -0.2) is 6.79 Å². The zero-order chi connectivity index (χ0) is 6.97. The third-order valence-electron chi connectivity index (χ3n) is 1.35. The predicted octanol–water partition coefficient (Wildman–Crippen LogP) is 2.18. The van der Waals surface area contributed by atoms with E-state index in [1.807, 2.05) is 18.2 Å². The van der Waals surface area contributed by atoms with E-state index in [2.05, 4.69) is 15.9 Å². The molecule has 3 heteroatoms. The van der Waals surface area contributed by atoms with Crippen LogP contribution >= 0.6 is 15.9 Å². The number of benzene rings is 1. The van der Waals surface area contributed by atoms with E-state index >= 15 is 0 Å². The van der Waals surface area contributed by atoms with Crippen LogP contribution in [0.15, 0.2) is 22.7 Å². The predicted molar refractivity (Wildman–Crippen MR) is 40.3 cm³/mol. The van der Waals surface area contributed by atoms with E-state index in [0.717, 1.165) is 16.0 Å². The van der Waals surface area contributed by atoms with Gasteiger partial charge in [0.2, 0.25) is 6.79 Å². The van der Waals surface area contributed by atoms with Gasteiger partial charge in [0, 0.05) is 0 Å². The molecule has 0 saturated heterocycles. The van der Waals surface area contributed by atoms with Gasteiger partial charge < -0.3 is 9.47 Å². The molecule has 1 aromatic carbocycles. The number of fused-ring (bicyclic) bond motifs is 1. The molecular weight excluding hydrogens is 196 g/mol. The maximum Gasteiger partial charge on any atom is 0.231 e. The molecular formula is C7H5BrO2. The fraction of sp³-hybridized carbons (Fsp3) is 0.143. The Labute approximate surface area is 66.9 Å². The van der Waals surface area contributed by atoms with Crippen LogP contribution in [0.3, 0.4) is 0 Å². The molecule has 0 unspecified atom stereocenters. The minimum atomic E-state index is 0.331. The van der Waals surface area contributed by atoms with Gasteiger partial charge in [-0.15, -0.1) is 0 Å². The lowest BCUT2D eigenvalue weighted by molar-refractivity contribution is 0.173. The zero-order valence-corrected chi connectivity index (χ0v) is 6.72. The number of para-hydroxylation sites is 1. The molecule has 52 valence electrons. The fourth-order valence-corrected chi connectivity index (χ4v) is 1.36. The summed E-state index contributed by atoms with van der Waals surface area (Å²) in [6.45, 7) is 0.331. The van der Waals surface area contributed by atoms with E-state index in [-0.39, 0.29) is 0 Å². The van der Waals surface area contributed by atoms with Gasteiger partial charge in [-0.1, -0.05) is 6.07 Å². The molecule has 0 spiro atoms. The van der Waals surface area contributed by atoms with Crippen LogP contribution in [-0.2, 0) is 0 Å². The largest absolute Gasteiger partial charge is 0.454 e. The van der Waals surface area contributed by atoms with Gasteiger partial charge in [0.05, 0.1) is 4.47 Å². The maximum atomic E-state index is 5.16. The molecule has 0 bridgehead atoms. The second-order valence-electron chi connectivity index (χ2n) is 1.97. The molecule has 2 nitrogen and oxygen atoms in total. The Kier molecular flexibility index (Phi) is 1.31. The Morgan fingerprint density at radius 3 is 3.00 bits per heavy atom. The Morgan fingerprint density at radius 2 is 2.20 bits per heavy atom. The second-order valence-corrected chi connectivity index (χ2v) is 2.83. The highest BCUT2D eigenvalue weighted by atomic mass is 79.9. The van der Waals surface area contributed by atoms with Gasteiger partial charge >= 0.3 is 0 Å². The smallest absolute Gasteiger partial charge is 0.231 e. The minimum absolute atomic E-state index is 0.331. The molecule has 0 N–H and O–H groups in total. The summed E-state index contributed by atoms with van der Waals surface area (Å²) in [7, 11) is 0. The number of rotatable bonds is 0. The van der Waals surface area contributed by atoms with E-state index in [4.69, 9.17) is 9.47 Å². The average molecular weight is 201 g/mol. The molecule has 1 aliphatic heterocycles. The fourth-order valence-electron chi connectivity index (χ4n) is 0.895. The van der Waals surface area contributed by atoms with Crippen molar-refractivity contribution < 1.29 is 9.47 Å². The summed E-state index contributed by atoms with van der Waals surface area (Å²) in [4.78, 5) is 0. The normalized spacial score (nSPS) is 13.7. The summed E-state index contributed by atoms with van der Waals surface area (Å²) in [5.74, 6) is 1.62. The lowest BCUT2D eigenvalue weighted by Crippen LogP contribution is -1.93. The Hall–Kier alpha value is -0.700. The van der Waals surface area contributed by atoms with Crippen LogP contribution in [0, 0.1) is 0 Å². The second kappa shape index (κ2) is 2.16. The Morgan fingerprint density at radius 1 is 1.30 bits per heavy atom. The first-order valence-electron chi connectivity index (χ1n) is 2.92. The molecule has 10 heavy (non-hydrogen) atoms. The average Bonchev–Trinajstić information content (AvgIpc) is 2.36. The molecule has 0 aliphatic carbocycles. The van der Waals surface area contributed by atoms with Gasteiger partial charge in [0.15, 0.2) is 11.5 Å². The van der Waals surface area contributed by atoms with Crippen molar-refractivity contribution >= 4 is 15.9 Å². The monoisotopic (exact) mass is 200 g/mol. The molecule has 0 aromatic heterocycles. The summed E-state index contributed by atoms with van der Waals surface area (Å²) >= 11 is 3.34. The third kappa shape index (κ3) is 0.778. The van der Waals surface area contributed by atoms with E-state index in [1.165, 1.54) is 0 Å². The van der Waals surface area contributed by atoms with E-state index < -0.39 is 0 Å². The van der Waals surface area contributed by atoms with Crippen LogP contribution in [0.4, 0.5) is 0 Å². The van der Waals surface area contributed by atoms with Crippen molar-refractivity contribution in [1.29, 1.82) is 0 Å². The molecule has 0 radical (unpaired) electrons. The molecule has 1 aliphatic rings. The van der Waals surface area contributed by atoms with Gasteiger partial charge in [-0.2, -0.15) is 0 Å². The molecule has 1 aromatic rings. The molecule has 0 saturated carbocycles.